The van der Waals surface area contributed by atoms with Crippen LogP contribution in [0.1, 0.15) is 25.3 Å². The van der Waals surface area contributed by atoms with E-state index in [0.717, 1.165) is 16.1 Å². The number of hydrogen-bond donors (Lipinski definition) is 1. The van der Waals surface area contributed by atoms with Crippen LogP contribution in [-0.2, 0) is 20.2 Å². The Kier molecular flexibility index (Phi) is 6.47. The number of amides is 1. The van der Waals surface area contributed by atoms with Crippen LogP contribution in [0.3, 0.4) is 0 Å². The molecule has 2 aromatic rings. The number of sulfonamides is 1. The number of hydrogen-bond acceptors (Lipinski definition) is 4. The molecule has 0 saturated carbocycles. The van der Waals surface area contributed by atoms with Crippen molar-refractivity contribution in [3.8, 4) is 0 Å². The highest BCUT2D eigenvalue weighted by Gasteiger charge is 2.44. The van der Waals surface area contributed by atoms with E-state index < -0.39 is 15.4 Å². The summed E-state index contributed by atoms with van der Waals surface area (Å²) in [4.78, 5) is 14.5. The van der Waals surface area contributed by atoms with Gasteiger partial charge in [-0.2, -0.15) is 0 Å². The number of carbonyl (C=O) groups is 1. The maximum atomic E-state index is 13.4. The van der Waals surface area contributed by atoms with Crippen molar-refractivity contribution in [3.63, 3.8) is 0 Å². The second-order valence-corrected chi connectivity index (χ2v) is 10.1. The SMILES string of the molecule is CCS(=O)(=O)N1CCC(C(=O)Nc2cccc(SC)c2)(c2ccccc2)CC1. The van der Waals surface area contributed by atoms with Gasteiger partial charge in [0, 0.05) is 23.7 Å². The molecule has 1 fully saturated rings. The molecule has 7 heteroatoms. The first-order chi connectivity index (χ1) is 13.4. The number of rotatable bonds is 6. The Morgan fingerprint density at radius 2 is 1.79 bits per heavy atom. The monoisotopic (exact) mass is 418 g/mol. The van der Waals surface area contributed by atoms with E-state index in [1.54, 1.807) is 18.7 Å². The predicted octanol–water partition coefficient (Wildman–Crippen LogP) is 3.73. The number of anilines is 1. The molecule has 28 heavy (non-hydrogen) atoms. The molecule has 0 radical (unpaired) electrons. The first-order valence-corrected chi connectivity index (χ1v) is 12.2. The standard InChI is InChI=1S/C21H26N2O3S2/c1-3-28(25,26)23-14-12-21(13-15-23,17-8-5-4-6-9-17)20(24)22-18-10-7-11-19(16-18)27-2/h4-11,16H,3,12-15H2,1-2H3,(H,22,24). The summed E-state index contributed by atoms with van der Waals surface area (Å²) in [5.41, 5.74) is 0.953. The Morgan fingerprint density at radius 3 is 2.39 bits per heavy atom. The fourth-order valence-electron chi connectivity index (χ4n) is 3.68. The van der Waals surface area contributed by atoms with Gasteiger partial charge in [-0.3, -0.25) is 4.79 Å². The average Bonchev–Trinajstić information content (AvgIpc) is 2.74. The zero-order valence-corrected chi connectivity index (χ0v) is 17.9. The van der Waals surface area contributed by atoms with Crippen molar-refractivity contribution in [2.75, 3.05) is 30.4 Å². The van der Waals surface area contributed by atoms with Gasteiger partial charge in [0.05, 0.1) is 11.2 Å². The minimum atomic E-state index is -3.25. The summed E-state index contributed by atoms with van der Waals surface area (Å²) in [6, 6.07) is 17.5. The molecule has 1 aliphatic heterocycles. The Bertz CT molecular complexity index is 922. The molecule has 0 spiro atoms. The molecule has 1 heterocycles. The van der Waals surface area contributed by atoms with E-state index in [1.807, 2.05) is 60.9 Å². The Hall–Kier alpha value is -1.83. The predicted molar refractivity (Wildman–Crippen MR) is 115 cm³/mol. The lowest BCUT2D eigenvalue weighted by atomic mass is 9.72. The lowest BCUT2D eigenvalue weighted by Gasteiger charge is -2.40. The van der Waals surface area contributed by atoms with Crippen LogP contribution in [0.2, 0.25) is 0 Å². The van der Waals surface area contributed by atoms with Crippen LogP contribution in [0.5, 0.6) is 0 Å². The van der Waals surface area contributed by atoms with Crippen molar-refractivity contribution in [2.24, 2.45) is 0 Å². The molecule has 0 aliphatic carbocycles. The molecule has 1 aliphatic rings. The van der Waals surface area contributed by atoms with Crippen molar-refractivity contribution in [3.05, 3.63) is 60.2 Å². The molecular formula is C21H26N2O3S2. The first kappa shape index (κ1) is 20.9. The van der Waals surface area contributed by atoms with Crippen LogP contribution in [0, 0.1) is 0 Å². The van der Waals surface area contributed by atoms with E-state index in [0.29, 0.717) is 25.9 Å². The van der Waals surface area contributed by atoms with E-state index >= 15 is 0 Å². The Labute approximate surface area is 171 Å². The zero-order valence-electron chi connectivity index (χ0n) is 16.2. The molecule has 1 N–H and O–H groups in total. The third kappa shape index (κ3) is 4.26. The van der Waals surface area contributed by atoms with Crippen molar-refractivity contribution < 1.29 is 13.2 Å². The van der Waals surface area contributed by atoms with Gasteiger partial charge in [-0.25, -0.2) is 12.7 Å². The van der Waals surface area contributed by atoms with Gasteiger partial charge >= 0.3 is 0 Å². The molecule has 0 bridgehead atoms. The van der Waals surface area contributed by atoms with Gasteiger partial charge in [0.2, 0.25) is 15.9 Å². The summed E-state index contributed by atoms with van der Waals surface area (Å²) in [6.07, 6.45) is 2.92. The summed E-state index contributed by atoms with van der Waals surface area (Å²) in [7, 11) is -3.25. The van der Waals surface area contributed by atoms with Crippen LogP contribution < -0.4 is 5.32 Å². The summed E-state index contributed by atoms with van der Waals surface area (Å²) in [6.45, 7) is 2.35. The third-order valence-corrected chi connectivity index (χ3v) is 8.03. The summed E-state index contributed by atoms with van der Waals surface area (Å²) < 4.78 is 26.0. The van der Waals surface area contributed by atoms with E-state index in [-0.39, 0.29) is 11.7 Å². The fraction of sp³-hybridized carbons (Fsp3) is 0.381. The van der Waals surface area contributed by atoms with Gasteiger partial charge in [0.1, 0.15) is 0 Å². The number of nitrogens with one attached hydrogen (secondary N) is 1. The molecule has 150 valence electrons. The lowest BCUT2D eigenvalue weighted by Crippen LogP contribution is -2.51. The molecule has 0 aromatic heterocycles. The van der Waals surface area contributed by atoms with Gasteiger partial charge in [0.25, 0.3) is 0 Å². The van der Waals surface area contributed by atoms with Crippen molar-refractivity contribution in [2.45, 2.75) is 30.1 Å². The largest absolute Gasteiger partial charge is 0.325 e. The molecule has 3 rings (SSSR count). The normalized spacial score (nSPS) is 17.2. The third-order valence-electron chi connectivity index (χ3n) is 5.42. The minimum absolute atomic E-state index is 0.0782. The van der Waals surface area contributed by atoms with Gasteiger partial charge < -0.3 is 5.32 Å². The van der Waals surface area contributed by atoms with Crippen LogP contribution in [0.4, 0.5) is 5.69 Å². The molecule has 0 unspecified atom stereocenters. The van der Waals surface area contributed by atoms with Crippen molar-refractivity contribution in [1.82, 2.24) is 4.31 Å². The van der Waals surface area contributed by atoms with E-state index in [4.69, 9.17) is 0 Å². The van der Waals surface area contributed by atoms with Gasteiger partial charge in [-0.1, -0.05) is 36.4 Å². The smallest absolute Gasteiger partial charge is 0.235 e. The van der Waals surface area contributed by atoms with E-state index in [2.05, 4.69) is 5.32 Å². The topological polar surface area (TPSA) is 66.5 Å². The molecule has 0 atom stereocenters. The molecule has 5 nitrogen and oxygen atoms in total. The average molecular weight is 419 g/mol. The zero-order chi connectivity index (χ0) is 20.2. The quantitative estimate of drug-likeness (QED) is 0.726. The number of benzene rings is 2. The first-order valence-electron chi connectivity index (χ1n) is 9.40. The van der Waals surface area contributed by atoms with E-state index in [9.17, 15) is 13.2 Å². The van der Waals surface area contributed by atoms with Gasteiger partial charge in [-0.15, -0.1) is 11.8 Å². The molecule has 2 aromatic carbocycles. The second kappa shape index (κ2) is 8.68. The Balaban J connectivity index is 1.89. The van der Waals surface area contributed by atoms with Crippen molar-refractivity contribution in [1.29, 1.82) is 0 Å². The summed E-state index contributed by atoms with van der Waals surface area (Å²) >= 11 is 1.62. The fourth-order valence-corrected chi connectivity index (χ4v) is 5.25. The van der Waals surface area contributed by atoms with Crippen LogP contribution in [0.15, 0.2) is 59.5 Å². The highest BCUT2D eigenvalue weighted by molar-refractivity contribution is 7.98. The van der Waals surface area contributed by atoms with Crippen LogP contribution in [-0.4, -0.2) is 43.7 Å². The molecule has 1 amide bonds. The van der Waals surface area contributed by atoms with Crippen LogP contribution >= 0.6 is 11.8 Å². The number of nitrogens with zero attached hydrogens (tertiary/aromatic N) is 1. The summed E-state index contributed by atoms with van der Waals surface area (Å²) in [5, 5.41) is 3.07. The van der Waals surface area contributed by atoms with E-state index in [1.165, 1.54) is 4.31 Å². The van der Waals surface area contributed by atoms with Gasteiger partial charge in [-0.05, 0) is 49.8 Å². The second-order valence-electron chi connectivity index (χ2n) is 6.93. The maximum absolute atomic E-state index is 13.4. The number of carbonyl (C=O) groups excluding carboxylic acids is 1. The van der Waals surface area contributed by atoms with Gasteiger partial charge in [0.15, 0.2) is 0 Å². The minimum Gasteiger partial charge on any atom is -0.325 e. The maximum Gasteiger partial charge on any atom is 0.235 e. The highest BCUT2D eigenvalue weighted by Crippen LogP contribution is 2.37. The lowest BCUT2D eigenvalue weighted by molar-refractivity contribution is -0.123. The van der Waals surface area contributed by atoms with Crippen LogP contribution in [0.25, 0.3) is 0 Å². The number of thioether (sulfide) groups is 1. The molecular weight excluding hydrogens is 392 g/mol. The Morgan fingerprint density at radius 1 is 1.11 bits per heavy atom. The van der Waals surface area contributed by atoms with Crippen molar-refractivity contribution >= 4 is 33.4 Å². The summed E-state index contributed by atoms with van der Waals surface area (Å²) in [5.74, 6) is 0.00411. The molecule has 1 saturated heterocycles. The highest BCUT2D eigenvalue weighted by atomic mass is 32.2. The number of piperidine rings is 1.